The van der Waals surface area contributed by atoms with E-state index in [9.17, 15) is 18.8 Å². The van der Waals surface area contributed by atoms with Crippen molar-refractivity contribution in [3.05, 3.63) is 86.4 Å². The molecule has 1 N–H and O–H groups in total. The Labute approximate surface area is 196 Å². The molecule has 2 heterocycles. The molecule has 0 aliphatic heterocycles. The molecule has 0 bridgehead atoms. The van der Waals surface area contributed by atoms with Crippen LogP contribution in [0.2, 0.25) is 5.02 Å². The number of rotatable bonds is 6. The third kappa shape index (κ3) is 4.50. The van der Waals surface area contributed by atoms with Crippen LogP contribution < -0.4 is 10.9 Å². The smallest absolute Gasteiger partial charge is 0.359 e. The number of esters is 1. The summed E-state index contributed by atoms with van der Waals surface area (Å²) in [6.07, 6.45) is -0.326. The molecule has 33 heavy (non-hydrogen) atoms. The molecule has 1 amide bonds. The topological polar surface area (TPSA) is 90.3 Å². The van der Waals surface area contributed by atoms with E-state index >= 15 is 0 Å². The number of anilines is 1. The number of nitrogens with one attached hydrogen (secondary N) is 1. The SMILES string of the molecule is CCOC(=O)c1nn(-c2ccccc2)c(=O)c2c(NC(=O)Cc3c(F)cccc3Cl)scc12. The maximum absolute atomic E-state index is 14.1. The van der Waals surface area contributed by atoms with Gasteiger partial charge in [-0.25, -0.2) is 9.18 Å². The lowest BCUT2D eigenvalue weighted by Gasteiger charge is -2.10. The van der Waals surface area contributed by atoms with E-state index in [-0.39, 0.29) is 45.1 Å². The van der Waals surface area contributed by atoms with Gasteiger partial charge in [-0.05, 0) is 31.2 Å². The summed E-state index contributed by atoms with van der Waals surface area (Å²) in [5, 5.41) is 9.13. The van der Waals surface area contributed by atoms with Gasteiger partial charge < -0.3 is 10.1 Å². The lowest BCUT2D eigenvalue weighted by atomic mass is 10.1. The molecule has 0 radical (unpaired) electrons. The van der Waals surface area contributed by atoms with E-state index in [4.69, 9.17) is 16.3 Å². The number of halogens is 2. The van der Waals surface area contributed by atoms with Gasteiger partial charge in [0, 0.05) is 21.4 Å². The molecule has 0 unspecified atom stereocenters. The number of nitrogens with zero attached hydrogens (tertiary/aromatic N) is 2. The van der Waals surface area contributed by atoms with Gasteiger partial charge in [0.2, 0.25) is 5.91 Å². The van der Waals surface area contributed by atoms with Crippen molar-refractivity contribution in [1.82, 2.24) is 9.78 Å². The van der Waals surface area contributed by atoms with Crippen molar-refractivity contribution in [3.63, 3.8) is 0 Å². The van der Waals surface area contributed by atoms with E-state index < -0.39 is 23.3 Å². The van der Waals surface area contributed by atoms with Crippen LogP contribution in [0.4, 0.5) is 9.39 Å². The quantitative estimate of drug-likeness (QED) is 0.403. The van der Waals surface area contributed by atoms with Crippen LogP contribution in [0.25, 0.3) is 16.5 Å². The number of ether oxygens (including phenoxy) is 1. The first-order chi connectivity index (χ1) is 15.9. The Kier molecular flexibility index (Phi) is 6.52. The van der Waals surface area contributed by atoms with Crippen LogP contribution in [0.15, 0.2) is 58.7 Å². The highest BCUT2D eigenvalue weighted by Gasteiger charge is 2.23. The first kappa shape index (κ1) is 22.6. The summed E-state index contributed by atoms with van der Waals surface area (Å²) in [5.41, 5.74) is -0.0846. The summed E-state index contributed by atoms with van der Waals surface area (Å²) in [6.45, 7) is 1.79. The molecule has 0 aliphatic rings. The van der Waals surface area contributed by atoms with E-state index in [1.807, 2.05) is 0 Å². The highest BCUT2D eigenvalue weighted by Crippen LogP contribution is 2.31. The molecule has 4 rings (SSSR count). The lowest BCUT2D eigenvalue weighted by molar-refractivity contribution is -0.115. The van der Waals surface area contributed by atoms with Crippen LogP contribution >= 0.6 is 22.9 Å². The summed E-state index contributed by atoms with van der Waals surface area (Å²) < 4.78 is 20.3. The first-order valence-corrected chi connectivity index (χ1v) is 11.2. The van der Waals surface area contributed by atoms with Crippen molar-refractivity contribution >= 4 is 50.6 Å². The number of carbonyl (C=O) groups is 2. The second-order valence-electron chi connectivity index (χ2n) is 6.90. The summed E-state index contributed by atoms with van der Waals surface area (Å²) >= 11 is 7.08. The summed E-state index contributed by atoms with van der Waals surface area (Å²) in [7, 11) is 0. The van der Waals surface area contributed by atoms with Gasteiger partial charge in [0.05, 0.1) is 24.1 Å². The molecular formula is C23H17ClFN3O4S. The van der Waals surface area contributed by atoms with E-state index in [1.54, 1.807) is 42.6 Å². The minimum atomic E-state index is -0.694. The fraction of sp³-hybridized carbons (Fsp3) is 0.130. The van der Waals surface area contributed by atoms with Crippen molar-refractivity contribution in [2.75, 3.05) is 11.9 Å². The van der Waals surface area contributed by atoms with Crippen molar-refractivity contribution in [3.8, 4) is 5.69 Å². The molecule has 4 aromatic rings. The molecular weight excluding hydrogens is 469 g/mol. The zero-order valence-corrected chi connectivity index (χ0v) is 18.9. The van der Waals surface area contributed by atoms with Crippen molar-refractivity contribution in [2.24, 2.45) is 0 Å². The minimum absolute atomic E-state index is 0.0492. The molecule has 0 atom stereocenters. The summed E-state index contributed by atoms with van der Waals surface area (Å²) in [6, 6.07) is 12.7. The van der Waals surface area contributed by atoms with Crippen LogP contribution in [-0.4, -0.2) is 28.3 Å². The fourth-order valence-corrected chi connectivity index (χ4v) is 4.45. The van der Waals surface area contributed by atoms with Crippen LogP contribution in [0, 0.1) is 5.82 Å². The maximum atomic E-state index is 14.1. The predicted molar refractivity (Wildman–Crippen MR) is 125 cm³/mol. The number of carbonyl (C=O) groups excluding carboxylic acids is 2. The molecule has 0 spiro atoms. The largest absolute Gasteiger partial charge is 0.461 e. The number of hydrogen-bond acceptors (Lipinski definition) is 6. The Morgan fingerprint density at radius 1 is 1.18 bits per heavy atom. The first-order valence-electron chi connectivity index (χ1n) is 9.90. The van der Waals surface area contributed by atoms with Crippen molar-refractivity contribution in [2.45, 2.75) is 13.3 Å². The molecule has 2 aromatic carbocycles. The molecule has 0 aliphatic carbocycles. The van der Waals surface area contributed by atoms with Crippen LogP contribution in [-0.2, 0) is 16.0 Å². The molecule has 10 heteroatoms. The maximum Gasteiger partial charge on any atom is 0.359 e. The number of benzene rings is 2. The normalized spacial score (nSPS) is 10.9. The number of aromatic nitrogens is 2. The molecule has 7 nitrogen and oxygen atoms in total. The highest BCUT2D eigenvalue weighted by atomic mass is 35.5. The standard InChI is InChI=1S/C23H17ClFN3O4S/c1-2-32-23(31)20-15-12-33-21(26-18(29)11-14-16(24)9-6-10-17(14)25)19(15)22(30)28(27-20)13-7-4-3-5-8-13/h3-10,12H,2,11H2,1H3,(H,26,29). The van der Waals surface area contributed by atoms with Gasteiger partial charge in [0.15, 0.2) is 5.69 Å². The van der Waals surface area contributed by atoms with Crippen molar-refractivity contribution in [1.29, 1.82) is 0 Å². The number of para-hydroxylation sites is 1. The predicted octanol–water partition coefficient (Wildman–Crippen LogP) is 4.60. The molecule has 0 saturated carbocycles. The van der Waals surface area contributed by atoms with Gasteiger partial charge >= 0.3 is 5.97 Å². The van der Waals surface area contributed by atoms with Crippen LogP contribution in [0.3, 0.4) is 0 Å². The Balaban J connectivity index is 1.80. The number of thiophene rings is 1. The van der Waals surface area contributed by atoms with E-state index in [0.29, 0.717) is 5.69 Å². The van der Waals surface area contributed by atoms with Gasteiger partial charge in [0.1, 0.15) is 10.8 Å². The number of amides is 1. The van der Waals surface area contributed by atoms with Crippen LogP contribution in [0.5, 0.6) is 0 Å². The molecule has 0 saturated heterocycles. The lowest BCUT2D eigenvalue weighted by Crippen LogP contribution is -2.25. The third-order valence-electron chi connectivity index (χ3n) is 4.77. The zero-order chi connectivity index (χ0) is 23.5. The zero-order valence-electron chi connectivity index (χ0n) is 17.3. The van der Waals surface area contributed by atoms with E-state index in [0.717, 1.165) is 16.0 Å². The average Bonchev–Trinajstić information content (AvgIpc) is 3.21. The number of hydrogen-bond donors (Lipinski definition) is 1. The Morgan fingerprint density at radius 3 is 2.64 bits per heavy atom. The molecule has 168 valence electrons. The Morgan fingerprint density at radius 2 is 1.94 bits per heavy atom. The van der Waals surface area contributed by atoms with Gasteiger partial charge in [-0.1, -0.05) is 35.9 Å². The van der Waals surface area contributed by atoms with Gasteiger partial charge in [0.25, 0.3) is 5.56 Å². The summed E-state index contributed by atoms with van der Waals surface area (Å²) in [5.74, 6) is -1.86. The second-order valence-corrected chi connectivity index (χ2v) is 8.19. The number of fused-ring (bicyclic) bond motifs is 1. The monoisotopic (exact) mass is 485 g/mol. The van der Waals surface area contributed by atoms with Gasteiger partial charge in [-0.15, -0.1) is 11.3 Å². The fourth-order valence-electron chi connectivity index (χ4n) is 3.27. The van der Waals surface area contributed by atoms with Crippen molar-refractivity contribution < 1.29 is 18.7 Å². The molecule has 2 aromatic heterocycles. The second kappa shape index (κ2) is 9.51. The Bertz CT molecular complexity index is 1400. The third-order valence-corrected chi connectivity index (χ3v) is 6.02. The summed E-state index contributed by atoms with van der Waals surface area (Å²) in [4.78, 5) is 38.5. The van der Waals surface area contributed by atoms with E-state index in [2.05, 4.69) is 10.4 Å². The average molecular weight is 486 g/mol. The van der Waals surface area contributed by atoms with Crippen LogP contribution in [0.1, 0.15) is 23.0 Å². The minimum Gasteiger partial charge on any atom is -0.461 e. The highest BCUT2D eigenvalue weighted by molar-refractivity contribution is 7.16. The van der Waals surface area contributed by atoms with Gasteiger partial charge in [-0.3, -0.25) is 9.59 Å². The molecule has 0 fully saturated rings. The Hall–Kier alpha value is -3.56. The van der Waals surface area contributed by atoms with Gasteiger partial charge in [-0.2, -0.15) is 9.78 Å². The van der Waals surface area contributed by atoms with E-state index in [1.165, 1.54) is 18.2 Å².